The van der Waals surface area contributed by atoms with Crippen molar-refractivity contribution in [2.75, 3.05) is 32.7 Å². The first-order valence-electron chi connectivity index (χ1n) is 8.96. The highest BCUT2D eigenvalue weighted by molar-refractivity contribution is 5.85. The van der Waals surface area contributed by atoms with E-state index in [4.69, 9.17) is 0 Å². The number of amides is 2. The minimum atomic E-state index is 0. The van der Waals surface area contributed by atoms with Crippen LogP contribution >= 0.6 is 12.4 Å². The van der Waals surface area contributed by atoms with Gasteiger partial charge in [-0.05, 0) is 51.0 Å². The van der Waals surface area contributed by atoms with E-state index in [2.05, 4.69) is 17.1 Å². The van der Waals surface area contributed by atoms with Crippen molar-refractivity contribution in [1.82, 2.24) is 15.1 Å². The quantitative estimate of drug-likeness (QED) is 0.829. The molecule has 1 N–H and O–H groups in total. The molecule has 0 radical (unpaired) electrons. The average molecular weight is 344 g/mol. The predicted octanol–water partition coefficient (Wildman–Crippen LogP) is 1.66. The number of carbonyl (C=O) groups excluding carboxylic acids is 2. The number of rotatable bonds is 2. The lowest BCUT2D eigenvalue weighted by molar-refractivity contribution is -0.142. The summed E-state index contributed by atoms with van der Waals surface area (Å²) < 4.78 is 0. The molecule has 132 valence electrons. The van der Waals surface area contributed by atoms with Crippen molar-refractivity contribution in [2.24, 2.45) is 11.8 Å². The third kappa shape index (κ3) is 4.38. The van der Waals surface area contributed by atoms with Crippen molar-refractivity contribution < 1.29 is 9.59 Å². The fraction of sp³-hybridized carbons (Fsp3) is 0.882. The molecule has 3 aliphatic heterocycles. The molecule has 3 heterocycles. The fourth-order valence-corrected chi connectivity index (χ4v) is 4.11. The van der Waals surface area contributed by atoms with E-state index in [1.165, 1.54) is 6.42 Å². The summed E-state index contributed by atoms with van der Waals surface area (Å²) in [6.45, 7) is 6.53. The Bertz CT molecular complexity index is 418. The van der Waals surface area contributed by atoms with Gasteiger partial charge in [-0.2, -0.15) is 0 Å². The van der Waals surface area contributed by atoms with Crippen LogP contribution in [0.1, 0.15) is 45.4 Å². The number of piperidine rings is 2. The van der Waals surface area contributed by atoms with E-state index < -0.39 is 0 Å². The summed E-state index contributed by atoms with van der Waals surface area (Å²) in [5, 5.41) is 3.28. The molecule has 0 saturated carbocycles. The van der Waals surface area contributed by atoms with Gasteiger partial charge in [-0.3, -0.25) is 9.59 Å². The minimum Gasteiger partial charge on any atom is -0.342 e. The molecule has 2 atom stereocenters. The topological polar surface area (TPSA) is 52.7 Å². The number of hydrogen-bond donors (Lipinski definition) is 1. The Morgan fingerprint density at radius 2 is 1.65 bits per heavy atom. The zero-order valence-corrected chi connectivity index (χ0v) is 14.9. The maximum absolute atomic E-state index is 12.6. The highest BCUT2D eigenvalue weighted by Gasteiger charge is 2.34. The largest absolute Gasteiger partial charge is 0.342 e. The smallest absolute Gasteiger partial charge is 0.239 e. The van der Waals surface area contributed by atoms with E-state index in [-0.39, 0.29) is 30.3 Å². The van der Waals surface area contributed by atoms with Gasteiger partial charge in [0.15, 0.2) is 0 Å². The summed E-state index contributed by atoms with van der Waals surface area (Å²) in [7, 11) is 0. The van der Waals surface area contributed by atoms with E-state index in [0.717, 1.165) is 64.8 Å². The molecular weight excluding hydrogens is 314 g/mol. The van der Waals surface area contributed by atoms with E-state index in [1.54, 1.807) is 0 Å². The Morgan fingerprint density at radius 3 is 2.26 bits per heavy atom. The number of hydrogen-bond acceptors (Lipinski definition) is 3. The summed E-state index contributed by atoms with van der Waals surface area (Å²) in [5.74, 6) is 1.34. The van der Waals surface area contributed by atoms with Crippen LogP contribution in [0.4, 0.5) is 0 Å². The number of halogens is 1. The van der Waals surface area contributed by atoms with Gasteiger partial charge in [-0.15, -0.1) is 12.4 Å². The molecular formula is C17H30ClN3O2. The van der Waals surface area contributed by atoms with Crippen molar-refractivity contribution in [3.8, 4) is 0 Å². The fourth-order valence-electron chi connectivity index (χ4n) is 4.11. The first kappa shape index (κ1) is 18.5. The van der Waals surface area contributed by atoms with Crippen molar-refractivity contribution in [2.45, 2.75) is 51.5 Å². The summed E-state index contributed by atoms with van der Waals surface area (Å²) >= 11 is 0. The lowest BCUT2D eigenvalue weighted by Gasteiger charge is -2.37. The standard InChI is InChI=1S/C17H29N3O2.ClH/c1-13-4-3-9-20(12-13)16(21)14-6-10-19(11-7-14)17(22)15-5-2-8-18-15;/h13-15,18H,2-12H2,1H3;1H. The molecule has 0 aliphatic carbocycles. The van der Waals surface area contributed by atoms with Crippen LogP contribution in [0.2, 0.25) is 0 Å². The van der Waals surface area contributed by atoms with E-state index >= 15 is 0 Å². The van der Waals surface area contributed by atoms with Gasteiger partial charge in [0.05, 0.1) is 6.04 Å². The second-order valence-electron chi connectivity index (χ2n) is 7.28. The first-order valence-corrected chi connectivity index (χ1v) is 8.96. The number of nitrogens with zero attached hydrogens (tertiary/aromatic N) is 2. The summed E-state index contributed by atoms with van der Waals surface area (Å²) in [6.07, 6.45) is 6.11. The highest BCUT2D eigenvalue weighted by Crippen LogP contribution is 2.24. The first-order chi connectivity index (χ1) is 10.6. The maximum Gasteiger partial charge on any atom is 0.239 e. The molecule has 0 aromatic carbocycles. The van der Waals surface area contributed by atoms with Crippen LogP contribution in [0.5, 0.6) is 0 Å². The van der Waals surface area contributed by atoms with Gasteiger partial charge in [0.1, 0.15) is 0 Å². The number of likely N-dealkylation sites (tertiary alicyclic amines) is 2. The lowest BCUT2D eigenvalue weighted by Crippen LogP contribution is -2.50. The maximum atomic E-state index is 12.6. The molecule has 0 bridgehead atoms. The van der Waals surface area contributed by atoms with Crippen LogP contribution in [0.3, 0.4) is 0 Å². The molecule has 3 fully saturated rings. The van der Waals surface area contributed by atoms with E-state index in [1.807, 2.05) is 4.90 Å². The highest BCUT2D eigenvalue weighted by atomic mass is 35.5. The summed E-state index contributed by atoms with van der Waals surface area (Å²) in [5.41, 5.74) is 0. The Morgan fingerprint density at radius 1 is 0.913 bits per heavy atom. The van der Waals surface area contributed by atoms with Crippen LogP contribution in [0, 0.1) is 11.8 Å². The second kappa shape index (κ2) is 8.34. The van der Waals surface area contributed by atoms with Crippen molar-refractivity contribution in [3.63, 3.8) is 0 Å². The Balaban J connectivity index is 0.00000192. The zero-order valence-electron chi connectivity index (χ0n) is 14.1. The zero-order chi connectivity index (χ0) is 15.5. The molecule has 3 aliphatic rings. The van der Waals surface area contributed by atoms with E-state index in [9.17, 15) is 9.59 Å². The molecule has 5 nitrogen and oxygen atoms in total. The SMILES string of the molecule is CC1CCCN(C(=O)C2CCN(C(=O)C3CCCN3)CC2)C1.Cl. The van der Waals surface area contributed by atoms with Crippen molar-refractivity contribution >= 4 is 24.2 Å². The normalized spacial score (nSPS) is 29.3. The van der Waals surface area contributed by atoms with Crippen LogP contribution in [0.25, 0.3) is 0 Å². The molecule has 0 spiro atoms. The Hall–Kier alpha value is -0.810. The van der Waals surface area contributed by atoms with Crippen LogP contribution in [-0.4, -0.2) is 60.4 Å². The molecule has 0 aromatic rings. The molecule has 0 aromatic heterocycles. The predicted molar refractivity (Wildman–Crippen MR) is 92.6 cm³/mol. The van der Waals surface area contributed by atoms with Crippen LogP contribution < -0.4 is 5.32 Å². The van der Waals surface area contributed by atoms with Crippen LogP contribution in [-0.2, 0) is 9.59 Å². The van der Waals surface area contributed by atoms with Crippen LogP contribution in [0.15, 0.2) is 0 Å². The summed E-state index contributed by atoms with van der Waals surface area (Å²) in [6, 6.07) is 0.0233. The Labute approximate surface area is 145 Å². The monoisotopic (exact) mass is 343 g/mol. The van der Waals surface area contributed by atoms with Gasteiger partial charge in [0, 0.05) is 32.1 Å². The third-order valence-corrected chi connectivity index (χ3v) is 5.48. The number of carbonyl (C=O) groups is 2. The van der Waals surface area contributed by atoms with Gasteiger partial charge in [-0.1, -0.05) is 6.92 Å². The molecule has 23 heavy (non-hydrogen) atoms. The lowest BCUT2D eigenvalue weighted by atomic mass is 9.92. The minimum absolute atomic E-state index is 0. The number of nitrogens with one attached hydrogen (secondary N) is 1. The van der Waals surface area contributed by atoms with Crippen molar-refractivity contribution in [3.05, 3.63) is 0 Å². The molecule has 3 saturated heterocycles. The van der Waals surface area contributed by atoms with Gasteiger partial charge < -0.3 is 15.1 Å². The molecule has 2 unspecified atom stereocenters. The second-order valence-corrected chi connectivity index (χ2v) is 7.28. The van der Waals surface area contributed by atoms with Gasteiger partial charge in [0.25, 0.3) is 0 Å². The van der Waals surface area contributed by atoms with Gasteiger partial charge in [0.2, 0.25) is 11.8 Å². The van der Waals surface area contributed by atoms with E-state index in [0.29, 0.717) is 11.8 Å². The van der Waals surface area contributed by atoms with Gasteiger partial charge >= 0.3 is 0 Å². The van der Waals surface area contributed by atoms with Crippen molar-refractivity contribution in [1.29, 1.82) is 0 Å². The third-order valence-electron chi connectivity index (χ3n) is 5.48. The molecule has 6 heteroatoms. The molecule has 2 amide bonds. The summed E-state index contributed by atoms with van der Waals surface area (Å²) in [4.78, 5) is 29.1. The Kier molecular flexibility index (Phi) is 6.72. The average Bonchev–Trinajstić information content (AvgIpc) is 3.08. The molecule has 3 rings (SSSR count). The van der Waals surface area contributed by atoms with Gasteiger partial charge in [-0.25, -0.2) is 0 Å².